The summed E-state index contributed by atoms with van der Waals surface area (Å²) < 4.78 is 24.9. The van der Waals surface area contributed by atoms with Gasteiger partial charge in [-0.05, 0) is 42.9 Å². The number of piperidine rings is 1. The monoisotopic (exact) mass is 304 g/mol. The van der Waals surface area contributed by atoms with Crippen LogP contribution in [0.3, 0.4) is 0 Å². The van der Waals surface area contributed by atoms with Gasteiger partial charge >= 0.3 is 0 Å². The lowest BCUT2D eigenvalue weighted by atomic mass is 9.77. The molecule has 2 N–H and O–H groups in total. The zero-order valence-electron chi connectivity index (χ0n) is 13.7. The Morgan fingerprint density at radius 3 is 2.45 bits per heavy atom. The molecule has 4 nitrogen and oxygen atoms in total. The fourth-order valence-electron chi connectivity index (χ4n) is 2.85. The first kappa shape index (κ1) is 17.9. The molecule has 3 atom stereocenters. The van der Waals surface area contributed by atoms with Crippen molar-refractivity contribution >= 4 is 10.0 Å². The van der Waals surface area contributed by atoms with Crippen molar-refractivity contribution in [3.05, 3.63) is 0 Å². The van der Waals surface area contributed by atoms with E-state index in [2.05, 4.69) is 27.7 Å². The average molecular weight is 305 g/mol. The Balaban J connectivity index is 2.48. The number of rotatable bonds is 5. The lowest BCUT2D eigenvalue weighted by molar-refractivity contribution is 0.203. The molecule has 20 heavy (non-hydrogen) atoms. The maximum Gasteiger partial charge on any atom is 0.211 e. The van der Waals surface area contributed by atoms with E-state index in [1.165, 1.54) is 6.26 Å². The van der Waals surface area contributed by atoms with Crippen LogP contribution >= 0.6 is 0 Å². The number of nitrogens with two attached hydrogens (primary N) is 1. The van der Waals surface area contributed by atoms with Crippen molar-refractivity contribution in [3.8, 4) is 0 Å². The highest BCUT2D eigenvalue weighted by atomic mass is 32.2. The molecule has 3 unspecified atom stereocenters. The van der Waals surface area contributed by atoms with Crippen molar-refractivity contribution in [1.82, 2.24) is 4.31 Å². The van der Waals surface area contributed by atoms with Crippen molar-refractivity contribution in [2.24, 2.45) is 23.0 Å². The molecule has 1 aliphatic rings. The second-order valence-corrected chi connectivity index (χ2v) is 9.61. The summed E-state index contributed by atoms with van der Waals surface area (Å²) in [4.78, 5) is 0. The van der Waals surface area contributed by atoms with E-state index < -0.39 is 10.0 Å². The van der Waals surface area contributed by atoms with Gasteiger partial charge in [0.2, 0.25) is 10.0 Å². The Morgan fingerprint density at radius 1 is 1.35 bits per heavy atom. The molecular formula is C15H32N2O2S. The molecule has 1 rings (SSSR count). The Kier molecular flexibility index (Phi) is 6.05. The summed E-state index contributed by atoms with van der Waals surface area (Å²) >= 11 is 0. The van der Waals surface area contributed by atoms with Crippen molar-refractivity contribution in [1.29, 1.82) is 0 Å². The predicted molar refractivity (Wildman–Crippen MR) is 85.0 cm³/mol. The first-order chi connectivity index (χ1) is 9.00. The third kappa shape index (κ3) is 5.70. The molecular weight excluding hydrogens is 272 g/mol. The molecule has 0 aliphatic carbocycles. The van der Waals surface area contributed by atoms with Gasteiger partial charge in [-0.15, -0.1) is 0 Å². The van der Waals surface area contributed by atoms with Crippen LogP contribution in [0, 0.1) is 17.3 Å². The van der Waals surface area contributed by atoms with E-state index >= 15 is 0 Å². The van der Waals surface area contributed by atoms with Gasteiger partial charge < -0.3 is 5.73 Å². The molecule has 0 bridgehead atoms. The van der Waals surface area contributed by atoms with E-state index in [0.29, 0.717) is 24.9 Å². The first-order valence-corrected chi connectivity index (χ1v) is 9.55. The minimum Gasteiger partial charge on any atom is -0.328 e. The van der Waals surface area contributed by atoms with Crippen LogP contribution in [0.4, 0.5) is 0 Å². The maximum atomic E-state index is 11.6. The standard InChI is InChI=1S/C15H32N2O2S/c1-12(15(2,3)4)9-14(16)10-13-7-6-8-17(11-13)20(5,18)19/h12-14H,6-11,16H2,1-5H3. The molecule has 0 aromatic rings. The van der Waals surface area contributed by atoms with E-state index in [0.717, 1.165) is 25.7 Å². The molecule has 0 aromatic heterocycles. The van der Waals surface area contributed by atoms with Crippen molar-refractivity contribution in [2.45, 2.75) is 59.4 Å². The van der Waals surface area contributed by atoms with Gasteiger partial charge in [0.05, 0.1) is 6.26 Å². The van der Waals surface area contributed by atoms with Gasteiger partial charge in [-0.3, -0.25) is 0 Å². The van der Waals surface area contributed by atoms with E-state index in [4.69, 9.17) is 5.73 Å². The quantitative estimate of drug-likeness (QED) is 0.848. The molecule has 1 fully saturated rings. The van der Waals surface area contributed by atoms with Gasteiger partial charge in [0.15, 0.2) is 0 Å². The van der Waals surface area contributed by atoms with Crippen molar-refractivity contribution in [2.75, 3.05) is 19.3 Å². The lowest BCUT2D eigenvalue weighted by Gasteiger charge is -2.34. The van der Waals surface area contributed by atoms with Gasteiger partial charge in [0.1, 0.15) is 0 Å². The van der Waals surface area contributed by atoms with Crippen LogP contribution in [0.2, 0.25) is 0 Å². The maximum absolute atomic E-state index is 11.6. The Bertz CT molecular complexity index is 401. The zero-order chi connectivity index (χ0) is 15.6. The van der Waals surface area contributed by atoms with Crippen LogP contribution < -0.4 is 5.73 Å². The fourth-order valence-corrected chi connectivity index (χ4v) is 3.79. The minimum absolute atomic E-state index is 0.175. The van der Waals surface area contributed by atoms with Crippen LogP contribution in [-0.2, 0) is 10.0 Å². The van der Waals surface area contributed by atoms with Gasteiger partial charge in [0.25, 0.3) is 0 Å². The highest BCUT2D eigenvalue weighted by molar-refractivity contribution is 7.88. The van der Waals surface area contributed by atoms with Gasteiger partial charge in [0, 0.05) is 19.1 Å². The molecule has 0 spiro atoms. The molecule has 0 saturated carbocycles. The summed E-state index contributed by atoms with van der Waals surface area (Å²) in [6.45, 7) is 10.3. The smallest absolute Gasteiger partial charge is 0.211 e. The lowest BCUT2D eigenvalue weighted by Crippen LogP contribution is -2.41. The Morgan fingerprint density at radius 2 is 1.95 bits per heavy atom. The van der Waals surface area contributed by atoms with Crippen molar-refractivity contribution in [3.63, 3.8) is 0 Å². The topological polar surface area (TPSA) is 63.4 Å². The van der Waals surface area contributed by atoms with E-state index in [1.807, 2.05) is 0 Å². The number of hydrogen-bond donors (Lipinski definition) is 1. The minimum atomic E-state index is -3.05. The van der Waals surface area contributed by atoms with E-state index in [9.17, 15) is 8.42 Å². The fraction of sp³-hybridized carbons (Fsp3) is 1.00. The summed E-state index contributed by atoms with van der Waals surface area (Å²) in [5.41, 5.74) is 6.57. The van der Waals surface area contributed by atoms with Crippen LogP contribution in [0.15, 0.2) is 0 Å². The van der Waals surface area contributed by atoms with Crippen LogP contribution in [0.5, 0.6) is 0 Å². The van der Waals surface area contributed by atoms with Gasteiger partial charge in [-0.2, -0.15) is 0 Å². The molecule has 0 radical (unpaired) electrons. The summed E-state index contributed by atoms with van der Waals surface area (Å²) in [5, 5.41) is 0. The Labute approximate surface area is 125 Å². The Hall–Kier alpha value is -0.130. The second kappa shape index (κ2) is 6.75. The molecule has 120 valence electrons. The zero-order valence-corrected chi connectivity index (χ0v) is 14.5. The number of hydrogen-bond acceptors (Lipinski definition) is 3. The summed E-state index contributed by atoms with van der Waals surface area (Å²) in [7, 11) is -3.05. The summed E-state index contributed by atoms with van der Waals surface area (Å²) in [6.07, 6.45) is 5.31. The largest absolute Gasteiger partial charge is 0.328 e. The second-order valence-electron chi connectivity index (χ2n) is 7.63. The third-order valence-electron chi connectivity index (χ3n) is 4.72. The van der Waals surface area contributed by atoms with Crippen LogP contribution in [-0.4, -0.2) is 38.1 Å². The molecule has 0 amide bonds. The predicted octanol–water partition coefficient (Wildman–Crippen LogP) is 2.45. The molecule has 1 aliphatic heterocycles. The highest BCUT2D eigenvalue weighted by Crippen LogP contribution is 2.31. The molecule has 1 saturated heterocycles. The normalized spacial score (nSPS) is 25.4. The van der Waals surface area contributed by atoms with Crippen LogP contribution in [0.25, 0.3) is 0 Å². The highest BCUT2D eigenvalue weighted by Gasteiger charge is 2.28. The molecule has 1 heterocycles. The van der Waals surface area contributed by atoms with Crippen molar-refractivity contribution < 1.29 is 8.42 Å². The first-order valence-electron chi connectivity index (χ1n) is 7.71. The molecule has 5 heteroatoms. The molecule has 0 aromatic carbocycles. The summed E-state index contributed by atoms with van der Waals surface area (Å²) in [6, 6.07) is 0.175. The number of sulfonamides is 1. The third-order valence-corrected chi connectivity index (χ3v) is 5.99. The van der Waals surface area contributed by atoms with Gasteiger partial charge in [-0.25, -0.2) is 12.7 Å². The van der Waals surface area contributed by atoms with Gasteiger partial charge in [-0.1, -0.05) is 27.7 Å². The SMILES string of the molecule is CC(CC(N)CC1CCCN(S(C)(=O)=O)C1)C(C)(C)C. The number of nitrogens with zero attached hydrogens (tertiary/aromatic N) is 1. The van der Waals surface area contributed by atoms with E-state index in [1.54, 1.807) is 4.31 Å². The van der Waals surface area contributed by atoms with E-state index in [-0.39, 0.29) is 11.5 Å². The average Bonchev–Trinajstić information content (AvgIpc) is 2.26. The summed E-state index contributed by atoms with van der Waals surface area (Å²) in [5.74, 6) is 0.993. The van der Waals surface area contributed by atoms with Crippen LogP contribution in [0.1, 0.15) is 53.4 Å².